The molecule has 0 aliphatic carbocycles. The number of ether oxygens (including phenoxy) is 1. The first-order valence-corrected chi connectivity index (χ1v) is 12.9. The summed E-state index contributed by atoms with van der Waals surface area (Å²) in [7, 11) is 0. The summed E-state index contributed by atoms with van der Waals surface area (Å²) >= 11 is 0. The summed E-state index contributed by atoms with van der Waals surface area (Å²) in [5, 5.41) is 0. The van der Waals surface area contributed by atoms with E-state index in [1.165, 1.54) is 0 Å². The highest BCUT2D eigenvalue weighted by atomic mass is 19.4. The molecular formula is C29H38F3NO2. The Morgan fingerprint density at radius 3 is 2.40 bits per heavy atom. The Labute approximate surface area is 207 Å². The van der Waals surface area contributed by atoms with Gasteiger partial charge in [0.25, 0.3) is 0 Å². The number of anilines is 1. The second-order valence-electron chi connectivity index (χ2n) is 9.89. The lowest BCUT2D eigenvalue weighted by atomic mass is 9.83. The third-order valence-corrected chi connectivity index (χ3v) is 6.75. The molecule has 0 amide bonds. The Bertz CT molecular complexity index is 970. The van der Waals surface area contributed by atoms with Crippen molar-refractivity contribution in [3.63, 3.8) is 0 Å². The first kappa shape index (κ1) is 27.1. The van der Waals surface area contributed by atoms with Crippen LogP contribution in [0.2, 0.25) is 0 Å². The van der Waals surface area contributed by atoms with E-state index in [2.05, 4.69) is 6.92 Å². The van der Waals surface area contributed by atoms with Gasteiger partial charge < -0.3 is 9.64 Å². The molecule has 3 rings (SSSR count). The summed E-state index contributed by atoms with van der Waals surface area (Å²) in [6.07, 6.45) is 0.196. The molecule has 35 heavy (non-hydrogen) atoms. The molecule has 1 aliphatic heterocycles. The van der Waals surface area contributed by atoms with Gasteiger partial charge >= 0.3 is 12.1 Å². The van der Waals surface area contributed by atoms with Gasteiger partial charge in [-0.15, -0.1) is 0 Å². The predicted octanol–water partition coefficient (Wildman–Crippen LogP) is 8.22. The van der Waals surface area contributed by atoms with Crippen molar-refractivity contribution in [3.8, 4) is 11.1 Å². The molecule has 2 atom stereocenters. The van der Waals surface area contributed by atoms with E-state index < -0.39 is 23.6 Å². The van der Waals surface area contributed by atoms with Crippen LogP contribution in [0.25, 0.3) is 11.1 Å². The molecule has 0 aromatic heterocycles. The van der Waals surface area contributed by atoms with Crippen LogP contribution < -0.4 is 4.90 Å². The summed E-state index contributed by atoms with van der Waals surface area (Å²) in [5.74, 6) is -1.55. The lowest BCUT2D eigenvalue weighted by Crippen LogP contribution is -2.41. The SMILES string of the molecule is CCCC1CCCCN1c1cc(-c2ccccc2)cc(C(CC(C)C)C(=O)OCC)c1C(F)(F)F. The van der Waals surface area contributed by atoms with Crippen LogP contribution in [0, 0.1) is 5.92 Å². The lowest BCUT2D eigenvalue weighted by molar-refractivity contribution is -0.146. The Morgan fingerprint density at radius 2 is 1.80 bits per heavy atom. The van der Waals surface area contributed by atoms with Crippen molar-refractivity contribution >= 4 is 11.7 Å². The minimum absolute atomic E-state index is 0.0251. The van der Waals surface area contributed by atoms with Crippen LogP contribution in [0.4, 0.5) is 18.9 Å². The minimum atomic E-state index is -4.60. The van der Waals surface area contributed by atoms with Crippen LogP contribution in [-0.4, -0.2) is 25.2 Å². The van der Waals surface area contributed by atoms with Crippen molar-refractivity contribution < 1.29 is 22.7 Å². The molecule has 1 fully saturated rings. The van der Waals surface area contributed by atoms with Crippen LogP contribution >= 0.6 is 0 Å². The highest BCUT2D eigenvalue weighted by molar-refractivity contribution is 5.83. The molecule has 0 spiro atoms. The van der Waals surface area contributed by atoms with Crippen molar-refractivity contribution in [3.05, 3.63) is 53.6 Å². The first-order valence-electron chi connectivity index (χ1n) is 12.9. The zero-order valence-corrected chi connectivity index (χ0v) is 21.3. The number of alkyl halides is 3. The van der Waals surface area contributed by atoms with Crippen molar-refractivity contribution in [1.82, 2.24) is 0 Å². The summed E-state index contributed by atoms with van der Waals surface area (Å²) < 4.78 is 49.9. The molecule has 192 valence electrons. The Kier molecular flexibility index (Phi) is 9.26. The van der Waals surface area contributed by atoms with E-state index in [1.807, 2.05) is 49.1 Å². The van der Waals surface area contributed by atoms with Crippen molar-refractivity contribution in [2.45, 2.75) is 84.4 Å². The Morgan fingerprint density at radius 1 is 1.09 bits per heavy atom. The maximum Gasteiger partial charge on any atom is 0.418 e. The fourth-order valence-corrected chi connectivity index (χ4v) is 5.27. The monoisotopic (exact) mass is 489 g/mol. The van der Waals surface area contributed by atoms with Crippen LogP contribution in [0.15, 0.2) is 42.5 Å². The second-order valence-corrected chi connectivity index (χ2v) is 9.89. The topological polar surface area (TPSA) is 29.5 Å². The Balaban J connectivity index is 2.33. The average Bonchev–Trinajstić information content (AvgIpc) is 2.82. The molecule has 0 bridgehead atoms. The van der Waals surface area contributed by atoms with Gasteiger partial charge in [0.15, 0.2) is 0 Å². The van der Waals surface area contributed by atoms with Crippen molar-refractivity contribution in [2.75, 3.05) is 18.1 Å². The van der Waals surface area contributed by atoms with E-state index in [1.54, 1.807) is 19.1 Å². The number of halogens is 3. The molecule has 0 radical (unpaired) electrons. The number of carbonyl (C=O) groups is 1. The van der Waals surface area contributed by atoms with Crippen LogP contribution in [0.5, 0.6) is 0 Å². The van der Waals surface area contributed by atoms with Gasteiger partial charge in [0.1, 0.15) is 0 Å². The maximum atomic E-state index is 14.9. The number of nitrogens with zero attached hydrogens (tertiary/aromatic N) is 1. The van der Waals surface area contributed by atoms with E-state index in [0.717, 1.165) is 37.7 Å². The van der Waals surface area contributed by atoms with Gasteiger partial charge in [0, 0.05) is 12.6 Å². The number of carbonyl (C=O) groups excluding carboxylic acids is 1. The summed E-state index contributed by atoms with van der Waals surface area (Å²) in [4.78, 5) is 15.0. The maximum absolute atomic E-state index is 14.9. The molecule has 1 heterocycles. The fourth-order valence-electron chi connectivity index (χ4n) is 5.27. The van der Waals surface area contributed by atoms with Gasteiger partial charge in [-0.05, 0) is 73.8 Å². The number of benzene rings is 2. The highest BCUT2D eigenvalue weighted by Crippen LogP contribution is 2.47. The number of hydrogen-bond donors (Lipinski definition) is 0. The molecule has 1 saturated heterocycles. The average molecular weight is 490 g/mol. The number of rotatable bonds is 9. The zero-order valence-electron chi connectivity index (χ0n) is 21.3. The largest absolute Gasteiger partial charge is 0.466 e. The first-order chi connectivity index (χ1) is 16.7. The van der Waals surface area contributed by atoms with Gasteiger partial charge in [-0.3, -0.25) is 4.79 Å². The zero-order chi connectivity index (χ0) is 25.6. The standard InChI is InChI=1S/C29H38F3NO2/c1-5-12-23-15-10-11-16-33(23)26-19-22(21-13-8-7-9-14-21)18-24(27(26)29(30,31)32)25(17-20(3)4)28(34)35-6-2/h7-9,13-14,18-20,23,25H,5-6,10-12,15-17H2,1-4H3. The molecule has 2 unspecified atom stereocenters. The quantitative estimate of drug-likeness (QED) is 0.332. The molecule has 6 heteroatoms. The smallest absolute Gasteiger partial charge is 0.418 e. The molecule has 0 saturated carbocycles. The summed E-state index contributed by atoms with van der Waals surface area (Å²) in [5.41, 5.74) is 1.08. The summed E-state index contributed by atoms with van der Waals surface area (Å²) in [6.45, 7) is 8.31. The van der Waals surface area contributed by atoms with Gasteiger partial charge in [-0.1, -0.05) is 57.5 Å². The van der Waals surface area contributed by atoms with Crippen LogP contribution in [0.3, 0.4) is 0 Å². The van der Waals surface area contributed by atoms with Gasteiger partial charge in [0.05, 0.1) is 23.8 Å². The van der Waals surface area contributed by atoms with E-state index in [-0.39, 0.29) is 36.2 Å². The summed E-state index contributed by atoms with van der Waals surface area (Å²) in [6, 6.07) is 12.8. The Hall–Kier alpha value is -2.50. The number of esters is 1. The van der Waals surface area contributed by atoms with Crippen LogP contribution in [-0.2, 0) is 15.7 Å². The van der Waals surface area contributed by atoms with E-state index >= 15 is 0 Å². The molecular weight excluding hydrogens is 451 g/mol. The van der Waals surface area contributed by atoms with E-state index in [9.17, 15) is 18.0 Å². The lowest BCUT2D eigenvalue weighted by Gasteiger charge is -2.40. The molecule has 2 aromatic carbocycles. The normalized spacial score (nSPS) is 17.5. The minimum Gasteiger partial charge on any atom is -0.466 e. The fraction of sp³-hybridized carbons (Fsp3) is 0.552. The van der Waals surface area contributed by atoms with E-state index in [4.69, 9.17) is 4.74 Å². The van der Waals surface area contributed by atoms with Gasteiger partial charge in [0.2, 0.25) is 0 Å². The third kappa shape index (κ3) is 6.59. The van der Waals surface area contributed by atoms with E-state index in [0.29, 0.717) is 12.1 Å². The third-order valence-electron chi connectivity index (χ3n) is 6.75. The molecule has 0 N–H and O–H groups in total. The van der Waals surface area contributed by atoms with Crippen molar-refractivity contribution in [2.24, 2.45) is 5.92 Å². The predicted molar refractivity (Wildman–Crippen MR) is 136 cm³/mol. The van der Waals surface area contributed by atoms with Crippen molar-refractivity contribution in [1.29, 1.82) is 0 Å². The number of piperidine rings is 1. The van der Waals surface area contributed by atoms with Crippen LogP contribution in [0.1, 0.15) is 83.3 Å². The van der Waals surface area contributed by atoms with Gasteiger partial charge in [-0.2, -0.15) is 13.2 Å². The molecule has 1 aliphatic rings. The highest BCUT2D eigenvalue weighted by Gasteiger charge is 2.42. The molecule has 2 aromatic rings. The van der Waals surface area contributed by atoms with Gasteiger partial charge in [-0.25, -0.2) is 0 Å². The second kappa shape index (κ2) is 12.0. The number of hydrogen-bond acceptors (Lipinski definition) is 3. The molecule has 3 nitrogen and oxygen atoms in total.